The van der Waals surface area contributed by atoms with Gasteiger partial charge in [-0.15, -0.1) is 0 Å². The summed E-state index contributed by atoms with van der Waals surface area (Å²) in [5.41, 5.74) is 2.23. The number of pyridine rings is 1. The fourth-order valence-corrected chi connectivity index (χ4v) is 2.48. The summed E-state index contributed by atoms with van der Waals surface area (Å²) in [6.07, 6.45) is 3.69. The molecule has 0 bridgehead atoms. The molecule has 1 N–H and O–H groups in total. The quantitative estimate of drug-likeness (QED) is 0.699. The molecule has 0 saturated carbocycles. The van der Waals surface area contributed by atoms with Crippen LogP contribution in [0.5, 0.6) is 0 Å². The minimum atomic E-state index is 0.708. The Morgan fingerprint density at radius 2 is 1.95 bits per heavy atom. The van der Waals surface area contributed by atoms with E-state index in [1.807, 2.05) is 36.7 Å². The monoisotopic (exact) mass is 346 g/mol. The lowest BCUT2D eigenvalue weighted by molar-refractivity contribution is 1.15. The molecule has 0 aliphatic heterocycles. The van der Waals surface area contributed by atoms with Gasteiger partial charge < -0.3 is 5.32 Å². The highest BCUT2D eigenvalue weighted by molar-refractivity contribution is 9.10. The average molecular weight is 348 g/mol. The van der Waals surface area contributed by atoms with E-state index in [1.54, 1.807) is 0 Å². The van der Waals surface area contributed by atoms with Crippen molar-refractivity contribution in [2.75, 3.05) is 5.32 Å². The molecule has 2 nitrogen and oxygen atoms in total. The second-order valence-electron chi connectivity index (χ2n) is 4.54. The van der Waals surface area contributed by atoms with Crippen molar-refractivity contribution < 1.29 is 0 Å². The second-order valence-corrected chi connectivity index (χ2v) is 5.80. The first-order chi connectivity index (χ1) is 9.72. The number of hydrogen-bond acceptors (Lipinski definition) is 2. The summed E-state index contributed by atoms with van der Waals surface area (Å²) < 4.78 is 0.905. The Labute approximate surface area is 130 Å². The van der Waals surface area contributed by atoms with Crippen LogP contribution in [0.15, 0.2) is 59.3 Å². The molecule has 0 radical (unpaired) electrons. The number of hydrogen-bond donors (Lipinski definition) is 1. The van der Waals surface area contributed by atoms with Gasteiger partial charge in [0.2, 0.25) is 0 Å². The molecule has 100 valence electrons. The number of fused-ring (bicyclic) bond motifs is 1. The van der Waals surface area contributed by atoms with Gasteiger partial charge in [-0.3, -0.25) is 4.98 Å². The van der Waals surface area contributed by atoms with E-state index in [0.717, 1.165) is 22.1 Å². The van der Waals surface area contributed by atoms with Crippen LogP contribution in [0.25, 0.3) is 10.8 Å². The van der Waals surface area contributed by atoms with Gasteiger partial charge in [0.25, 0.3) is 0 Å². The molecule has 2 aromatic carbocycles. The van der Waals surface area contributed by atoms with E-state index in [4.69, 9.17) is 11.6 Å². The van der Waals surface area contributed by atoms with Crippen LogP contribution in [-0.4, -0.2) is 4.98 Å². The molecular formula is C16H12BrClN2. The zero-order chi connectivity index (χ0) is 13.9. The molecule has 0 atom stereocenters. The third-order valence-corrected chi connectivity index (χ3v) is 4.35. The molecular weight excluding hydrogens is 336 g/mol. The summed E-state index contributed by atoms with van der Waals surface area (Å²) in [5, 5.41) is 6.44. The maximum absolute atomic E-state index is 6.08. The lowest BCUT2D eigenvalue weighted by Crippen LogP contribution is -1.99. The first kappa shape index (κ1) is 13.4. The second kappa shape index (κ2) is 5.81. The van der Waals surface area contributed by atoms with Crippen molar-refractivity contribution in [3.63, 3.8) is 0 Å². The summed E-state index contributed by atoms with van der Waals surface area (Å²) in [7, 11) is 0. The van der Waals surface area contributed by atoms with Crippen molar-refractivity contribution in [1.82, 2.24) is 4.98 Å². The highest BCUT2D eigenvalue weighted by Gasteiger charge is 2.00. The number of aromatic nitrogens is 1. The largest absolute Gasteiger partial charge is 0.381 e. The van der Waals surface area contributed by atoms with Gasteiger partial charge in [-0.2, -0.15) is 0 Å². The number of anilines is 1. The van der Waals surface area contributed by atoms with Crippen LogP contribution >= 0.6 is 27.5 Å². The number of nitrogens with one attached hydrogen (secondary N) is 1. The highest BCUT2D eigenvalue weighted by atomic mass is 79.9. The summed E-state index contributed by atoms with van der Waals surface area (Å²) in [6, 6.07) is 14.2. The van der Waals surface area contributed by atoms with Crippen molar-refractivity contribution in [3.8, 4) is 0 Å². The molecule has 1 heterocycles. The Balaban J connectivity index is 1.77. The van der Waals surface area contributed by atoms with Crippen LogP contribution in [0.3, 0.4) is 0 Å². The molecule has 1 aromatic heterocycles. The molecule has 0 saturated heterocycles. The van der Waals surface area contributed by atoms with Crippen LogP contribution in [0, 0.1) is 0 Å². The van der Waals surface area contributed by atoms with Crippen molar-refractivity contribution >= 4 is 44.0 Å². The van der Waals surface area contributed by atoms with Crippen molar-refractivity contribution in [2.45, 2.75) is 6.54 Å². The Hall–Kier alpha value is -1.58. The van der Waals surface area contributed by atoms with E-state index < -0.39 is 0 Å². The van der Waals surface area contributed by atoms with Gasteiger partial charge in [-0.25, -0.2) is 0 Å². The van der Waals surface area contributed by atoms with Gasteiger partial charge in [-0.05, 0) is 57.2 Å². The molecule has 3 rings (SSSR count). The normalized spacial score (nSPS) is 10.7. The fourth-order valence-electron chi connectivity index (χ4n) is 2.05. The highest BCUT2D eigenvalue weighted by Crippen LogP contribution is 2.26. The molecule has 20 heavy (non-hydrogen) atoms. The molecule has 0 fully saturated rings. The first-order valence-electron chi connectivity index (χ1n) is 6.24. The van der Waals surface area contributed by atoms with E-state index >= 15 is 0 Å². The molecule has 0 spiro atoms. The summed E-state index contributed by atoms with van der Waals surface area (Å²) in [5.74, 6) is 0. The van der Waals surface area contributed by atoms with Gasteiger partial charge in [-0.1, -0.05) is 23.7 Å². The molecule has 0 aliphatic rings. The average Bonchev–Trinajstić information content (AvgIpc) is 2.48. The number of halogens is 2. The van der Waals surface area contributed by atoms with Gasteiger partial charge in [0.15, 0.2) is 0 Å². The zero-order valence-electron chi connectivity index (χ0n) is 10.6. The van der Waals surface area contributed by atoms with E-state index in [-0.39, 0.29) is 0 Å². The molecule has 0 amide bonds. The Bertz CT molecular complexity index is 758. The first-order valence-corrected chi connectivity index (χ1v) is 7.41. The van der Waals surface area contributed by atoms with Crippen LogP contribution in [0.1, 0.15) is 5.56 Å². The minimum Gasteiger partial charge on any atom is -0.381 e. The van der Waals surface area contributed by atoms with Crippen LogP contribution in [0.2, 0.25) is 5.02 Å². The van der Waals surface area contributed by atoms with Crippen LogP contribution in [-0.2, 0) is 6.54 Å². The molecule has 0 unspecified atom stereocenters. The lowest BCUT2D eigenvalue weighted by Gasteiger charge is -2.08. The topological polar surface area (TPSA) is 24.9 Å². The lowest BCUT2D eigenvalue weighted by atomic mass is 10.1. The van der Waals surface area contributed by atoms with Crippen molar-refractivity contribution in [2.24, 2.45) is 0 Å². The SMILES string of the molecule is Clc1cc(NCc2ccc3cnccc3c2)ccc1Br. The molecule has 4 heteroatoms. The van der Waals surface area contributed by atoms with Gasteiger partial charge in [0.05, 0.1) is 5.02 Å². The van der Waals surface area contributed by atoms with E-state index in [0.29, 0.717) is 5.02 Å². The third kappa shape index (κ3) is 2.94. The predicted molar refractivity (Wildman–Crippen MR) is 88.2 cm³/mol. The minimum absolute atomic E-state index is 0.708. The van der Waals surface area contributed by atoms with Gasteiger partial charge in [0.1, 0.15) is 0 Å². The smallest absolute Gasteiger partial charge is 0.0568 e. The Morgan fingerprint density at radius 3 is 2.80 bits per heavy atom. The summed E-state index contributed by atoms with van der Waals surface area (Å²) >= 11 is 9.47. The fraction of sp³-hybridized carbons (Fsp3) is 0.0625. The number of rotatable bonds is 3. The number of benzene rings is 2. The maximum Gasteiger partial charge on any atom is 0.0568 e. The van der Waals surface area contributed by atoms with Gasteiger partial charge in [0, 0.05) is 34.5 Å². The Morgan fingerprint density at radius 1 is 1.05 bits per heavy atom. The van der Waals surface area contributed by atoms with E-state index in [1.165, 1.54) is 10.9 Å². The van der Waals surface area contributed by atoms with Gasteiger partial charge >= 0.3 is 0 Å². The summed E-state index contributed by atoms with van der Waals surface area (Å²) in [4.78, 5) is 4.12. The van der Waals surface area contributed by atoms with Crippen LogP contribution < -0.4 is 5.32 Å². The standard InChI is InChI=1S/C16H12BrClN2/c17-15-4-3-14(8-16(15)18)20-9-11-1-2-13-10-19-6-5-12(13)7-11/h1-8,10,20H,9H2. The van der Waals surface area contributed by atoms with E-state index in [2.05, 4.69) is 44.4 Å². The summed E-state index contributed by atoms with van der Waals surface area (Å²) in [6.45, 7) is 0.760. The van der Waals surface area contributed by atoms with Crippen LogP contribution in [0.4, 0.5) is 5.69 Å². The predicted octanol–water partition coefficient (Wildman–Crippen LogP) is 5.26. The third-order valence-electron chi connectivity index (χ3n) is 3.12. The van der Waals surface area contributed by atoms with Crippen molar-refractivity contribution in [1.29, 1.82) is 0 Å². The maximum atomic E-state index is 6.08. The van der Waals surface area contributed by atoms with Crippen molar-refractivity contribution in [3.05, 3.63) is 69.9 Å². The Kier molecular flexibility index (Phi) is 3.90. The van der Waals surface area contributed by atoms with E-state index in [9.17, 15) is 0 Å². The number of nitrogens with zero attached hydrogens (tertiary/aromatic N) is 1. The zero-order valence-corrected chi connectivity index (χ0v) is 12.9. The molecule has 3 aromatic rings. The molecule has 0 aliphatic carbocycles.